The van der Waals surface area contributed by atoms with Gasteiger partial charge in [-0.1, -0.05) is 54.6 Å². The van der Waals surface area contributed by atoms with Gasteiger partial charge < -0.3 is 15.0 Å². The Morgan fingerprint density at radius 3 is 2.41 bits per heavy atom. The average Bonchev–Trinajstić information content (AvgIpc) is 2.95. The van der Waals surface area contributed by atoms with Gasteiger partial charge in [-0.2, -0.15) is 5.26 Å². The molecule has 0 aliphatic carbocycles. The summed E-state index contributed by atoms with van der Waals surface area (Å²) in [6, 6.07) is 23.6. The van der Waals surface area contributed by atoms with Crippen molar-refractivity contribution in [3.8, 4) is 11.9 Å². The number of benzene rings is 3. The van der Waals surface area contributed by atoms with Gasteiger partial charge in [0, 0.05) is 25.0 Å². The van der Waals surface area contributed by atoms with Crippen LogP contribution >= 0.6 is 0 Å². The molecule has 0 spiro atoms. The molecule has 0 saturated carbocycles. The third-order valence-electron chi connectivity index (χ3n) is 6.84. The third-order valence-corrected chi connectivity index (χ3v) is 6.84. The molecule has 2 N–H and O–H groups in total. The minimum Gasteiger partial charge on any atom is -0.496 e. The van der Waals surface area contributed by atoms with Gasteiger partial charge in [-0.15, -0.1) is 0 Å². The Morgan fingerprint density at radius 1 is 1.05 bits per heavy atom. The Labute approximate surface area is 216 Å². The number of nitrogens with zero attached hydrogens (tertiary/aromatic N) is 3. The summed E-state index contributed by atoms with van der Waals surface area (Å²) in [6.45, 7) is 2.10. The maximum Gasteiger partial charge on any atom is 0.255 e. The second kappa shape index (κ2) is 12.0. The quantitative estimate of drug-likeness (QED) is 0.220. The second-order valence-electron chi connectivity index (χ2n) is 9.02. The molecule has 7 nitrogen and oxygen atoms in total. The monoisotopic (exact) mass is 499 g/mol. The Morgan fingerprint density at radius 2 is 1.73 bits per heavy atom. The topological polar surface area (TPSA) is 89.8 Å². The largest absolute Gasteiger partial charge is 0.496 e. The van der Waals surface area contributed by atoms with E-state index in [0.717, 1.165) is 24.0 Å². The molecule has 3 aromatic rings. The fraction of sp³-hybridized carbons (Fsp3) is 0.276. The highest BCUT2D eigenvalue weighted by Gasteiger charge is 2.37. The molecule has 1 amide bonds. The van der Waals surface area contributed by atoms with Gasteiger partial charge in [-0.05, 0) is 48.2 Å². The first-order valence-electron chi connectivity index (χ1n) is 12.2. The van der Waals surface area contributed by atoms with Crippen molar-refractivity contribution >= 4 is 11.9 Å². The second-order valence-corrected chi connectivity index (χ2v) is 9.02. The number of carbonyl (C=O) groups excluding carboxylic acids is 1. The minimum atomic E-state index is -0.297. The van der Waals surface area contributed by atoms with Crippen molar-refractivity contribution in [3.05, 3.63) is 101 Å². The zero-order valence-electron chi connectivity index (χ0n) is 20.8. The van der Waals surface area contributed by atoms with Crippen LogP contribution in [0, 0.1) is 17.3 Å². The van der Waals surface area contributed by atoms with Crippen molar-refractivity contribution in [2.45, 2.75) is 24.8 Å². The lowest BCUT2D eigenvalue weighted by Crippen LogP contribution is -2.52. The molecule has 1 heterocycles. The zero-order valence-corrected chi connectivity index (χ0v) is 20.8. The number of hydrogen-bond donors (Lipinski definition) is 2. The van der Waals surface area contributed by atoms with Crippen LogP contribution in [0.1, 0.15) is 34.3 Å². The number of likely N-dealkylation sites (tertiary alicyclic amines) is 1. The molecule has 1 saturated heterocycles. The van der Waals surface area contributed by atoms with Crippen molar-refractivity contribution < 1.29 is 13.9 Å². The Bertz CT molecular complexity index is 1260. The smallest absolute Gasteiger partial charge is 0.255 e. The first-order chi connectivity index (χ1) is 18.0. The Balaban J connectivity index is 1.49. The number of carbonyl (C=O) groups is 1. The van der Waals surface area contributed by atoms with Gasteiger partial charge in [0.1, 0.15) is 11.6 Å². The van der Waals surface area contributed by atoms with E-state index in [1.165, 1.54) is 12.1 Å². The molecule has 3 aromatic carbocycles. The number of piperidine rings is 1. The van der Waals surface area contributed by atoms with Gasteiger partial charge in [0.05, 0.1) is 19.2 Å². The third kappa shape index (κ3) is 6.25. The van der Waals surface area contributed by atoms with Gasteiger partial charge in [0.15, 0.2) is 6.19 Å². The van der Waals surface area contributed by atoms with E-state index < -0.39 is 0 Å². The van der Waals surface area contributed by atoms with E-state index in [-0.39, 0.29) is 17.1 Å². The first-order valence-corrected chi connectivity index (χ1v) is 12.2. The average molecular weight is 500 g/mol. The van der Waals surface area contributed by atoms with E-state index in [9.17, 15) is 14.4 Å². The number of methoxy groups -OCH3 is 1. The summed E-state index contributed by atoms with van der Waals surface area (Å²) < 4.78 is 18.6. The summed E-state index contributed by atoms with van der Waals surface area (Å²) >= 11 is 0. The number of nitrogens with one attached hydrogen (secondary N) is 2. The fourth-order valence-electron chi connectivity index (χ4n) is 4.71. The lowest BCUT2D eigenvalue weighted by atomic mass is 9.72. The van der Waals surface area contributed by atoms with E-state index in [4.69, 9.17) is 4.74 Å². The van der Waals surface area contributed by atoms with Crippen LogP contribution in [0.3, 0.4) is 0 Å². The number of amides is 1. The molecule has 8 heteroatoms. The van der Waals surface area contributed by atoms with Gasteiger partial charge in [0.25, 0.3) is 5.91 Å². The van der Waals surface area contributed by atoms with Crippen molar-refractivity contribution in [1.29, 1.82) is 5.26 Å². The minimum absolute atomic E-state index is 0.178. The molecule has 0 unspecified atom stereocenters. The van der Waals surface area contributed by atoms with Crippen molar-refractivity contribution in [1.82, 2.24) is 15.5 Å². The van der Waals surface area contributed by atoms with E-state index in [1.807, 2.05) is 36.5 Å². The van der Waals surface area contributed by atoms with Crippen LogP contribution in [0.5, 0.6) is 5.75 Å². The predicted molar refractivity (Wildman–Crippen MR) is 141 cm³/mol. The van der Waals surface area contributed by atoms with Crippen LogP contribution in [0.4, 0.5) is 4.39 Å². The number of nitriles is 1. The lowest BCUT2D eigenvalue weighted by molar-refractivity contribution is 0.0929. The van der Waals surface area contributed by atoms with Crippen LogP contribution in [0.25, 0.3) is 0 Å². The molecule has 1 aliphatic rings. The normalized spacial score (nSPS) is 14.9. The van der Waals surface area contributed by atoms with Crippen molar-refractivity contribution in [3.63, 3.8) is 0 Å². The predicted octanol–water partition coefficient (Wildman–Crippen LogP) is 4.22. The van der Waals surface area contributed by atoms with Gasteiger partial charge in [-0.25, -0.2) is 9.38 Å². The van der Waals surface area contributed by atoms with Crippen LogP contribution in [0.15, 0.2) is 83.9 Å². The molecule has 37 heavy (non-hydrogen) atoms. The number of ether oxygens (including phenoxy) is 1. The molecule has 190 valence electrons. The Hall–Kier alpha value is -4.38. The molecule has 4 rings (SSSR count). The number of hydrogen-bond acceptors (Lipinski definition) is 4. The molecule has 0 bridgehead atoms. The van der Waals surface area contributed by atoms with E-state index in [0.29, 0.717) is 43.5 Å². The van der Waals surface area contributed by atoms with Crippen LogP contribution < -0.4 is 15.4 Å². The number of rotatable bonds is 7. The SMILES string of the molecule is COc1ccccc1C(=O)NCC1(c2ccccc2)CCN(C(=NCc2ccc(F)cc2)NC#N)CC1. The van der Waals surface area contributed by atoms with Gasteiger partial charge >= 0.3 is 0 Å². The first kappa shape index (κ1) is 25.7. The summed E-state index contributed by atoms with van der Waals surface area (Å²) in [6.07, 6.45) is 3.49. The summed E-state index contributed by atoms with van der Waals surface area (Å²) in [5.74, 6) is 0.553. The molecule has 1 fully saturated rings. The highest BCUT2D eigenvalue weighted by Crippen LogP contribution is 2.35. The maximum atomic E-state index is 13.2. The maximum absolute atomic E-state index is 13.2. The zero-order chi connectivity index (χ0) is 26.1. The number of halogens is 1. The summed E-state index contributed by atoms with van der Waals surface area (Å²) in [5.41, 5.74) is 2.24. The number of guanidine groups is 1. The summed E-state index contributed by atoms with van der Waals surface area (Å²) in [7, 11) is 1.55. The number of para-hydroxylation sites is 1. The molecule has 0 atom stereocenters. The number of aliphatic imine (C=N–C) groups is 1. The Kier molecular flexibility index (Phi) is 8.37. The molecule has 1 aliphatic heterocycles. The van der Waals surface area contributed by atoms with Crippen LogP contribution in [0.2, 0.25) is 0 Å². The molecular weight excluding hydrogens is 469 g/mol. The highest BCUT2D eigenvalue weighted by molar-refractivity contribution is 5.97. The standard InChI is InChI=1S/C29H30FN5O2/c1-37-26-10-6-5-9-25(26)27(36)33-20-29(23-7-3-2-4-8-23)15-17-35(18-16-29)28(34-21-31)32-19-22-11-13-24(30)14-12-22/h2-14H,15-20H2,1H3,(H,32,34)(H,33,36). The van der Waals surface area contributed by atoms with Crippen LogP contribution in [-0.4, -0.2) is 43.5 Å². The van der Waals surface area contributed by atoms with E-state index in [1.54, 1.807) is 31.4 Å². The van der Waals surface area contributed by atoms with Crippen molar-refractivity contribution in [2.24, 2.45) is 4.99 Å². The van der Waals surface area contributed by atoms with E-state index in [2.05, 4.69) is 32.7 Å². The summed E-state index contributed by atoms with van der Waals surface area (Å²) in [5, 5.41) is 15.1. The van der Waals surface area contributed by atoms with Crippen LogP contribution in [-0.2, 0) is 12.0 Å². The van der Waals surface area contributed by atoms with Gasteiger partial charge in [0.2, 0.25) is 5.96 Å². The lowest BCUT2D eigenvalue weighted by Gasteiger charge is -2.43. The molecule has 0 aromatic heterocycles. The summed E-state index contributed by atoms with van der Waals surface area (Å²) in [4.78, 5) is 19.7. The van der Waals surface area contributed by atoms with E-state index >= 15 is 0 Å². The van der Waals surface area contributed by atoms with Crippen molar-refractivity contribution in [2.75, 3.05) is 26.7 Å². The van der Waals surface area contributed by atoms with Gasteiger partial charge in [-0.3, -0.25) is 10.1 Å². The molecule has 0 radical (unpaired) electrons. The fourth-order valence-corrected chi connectivity index (χ4v) is 4.71. The molecular formula is C29H30FN5O2. The highest BCUT2D eigenvalue weighted by atomic mass is 19.1.